The molecule has 0 saturated heterocycles. The lowest BCUT2D eigenvalue weighted by molar-refractivity contribution is 0.104. The van der Waals surface area contributed by atoms with E-state index in [1.165, 1.54) is 6.08 Å². The van der Waals surface area contributed by atoms with Crippen LogP contribution in [0.1, 0.15) is 21.7 Å². The molecule has 0 amide bonds. The van der Waals surface area contributed by atoms with E-state index in [-0.39, 0.29) is 5.78 Å². The Morgan fingerprint density at radius 2 is 1.84 bits per heavy atom. The van der Waals surface area contributed by atoms with Gasteiger partial charge in [0, 0.05) is 5.56 Å². The Kier molecular flexibility index (Phi) is 4.04. The molecule has 0 fully saturated rings. The van der Waals surface area contributed by atoms with Crippen LogP contribution in [0.4, 0.5) is 0 Å². The third-order valence-electron chi connectivity index (χ3n) is 3.87. The predicted octanol–water partition coefficient (Wildman–Crippen LogP) is 5.76. The number of hydrogen-bond donors (Lipinski definition) is 0. The van der Waals surface area contributed by atoms with Crippen LogP contribution < -0.4 is 0 Å². The normalized spacial score (nSPS) is 11.4. The second-order valence-corrected chi connectivity index (χ2v) is 6.78. The van der Waals surface area contributed by atoms with Crippen LogP contribution in [-0.2, 0) is 0 Å². The minimum Gasteiger partial charge on any atom is -0.454 e. The van der Waals surface area contributed by atoms with Crippen molar-refractivity contribution in [3.05, 3.63) is 83.6 Å². The summed E-state index contributed by atoms with van der Waals surface area (Å²) in [5.41, 5.74) is 2.76. The molecule has 122 valence electrons. The average molecular weight is 345 g/mol. The molecular formula is C21H15NO2S. The molecule has 0 N–H and O–H groups in total. The van der Waals surface area contributed by atoms with Gasteiger partial charge in [0.05, 0.1) is 10.2 Å². The number of thiazole rings is 1. The van der Waals surface area contributed by atoms with Gasteiger partial charge in [0.2, 0.25) is 0 Å². The van der Waals surface area contributed by atoms with Gasteiger partial charge in [-0.15, -0.1) is 11.3 Å². The third-order valence-corrected chi connectivity index (χ3v) is 4.92. The molecule has 0 saturated carbocycles. The fourth-order valence-electron chi connectivity index (χ4n) is 2.51. The maximum absolute atomic E-state index is 12.2. The molecule has 0 unspecified atom stereocenters. The zero-order valence-electron chi connectivity index (χ0n) is 13.6. The highest BCUT2D eigenvalue weighted by atomic mass is 32.1. The van der Waals surface area contributed by atoms with Gasteiger partial charge in [-0.25, -0.2) is 4.98 Å². The van der Waals surface area contributed by atoms with Crippen LogP contribution in [0.5, 0.6) is 0 Å². The lowest BCUT2D eigenvalue weighted by atomic mass is 10.1. The van der Waals surface area contributed by atoms with Crippen molar-refractivity contribution in [1.82, 2.24) is 4.98 Å². The van der Waals surface area contributed by atoms with E-state index in [2.05, 4.69) is 4.98 Å². The van der Waals surface area contributed by atoms with E-state index < -0.39 is 0 Å². The summed E-state index contributed by atoms with van der Waals surface area (Å²) in [6.07, 6.45) is 3.23. The summed E-state index contributed by atoms with van der Waals surface area (Å²) in [5.74, 6) is 1.30. The lowest BCUT2D eigenvalue weighted by Gasteiger charge is -1.96. The van der Waals surface area contributed by atoms with E-state index in [4.69, 9.17) is 4.42 Å². The Labute approximate surface area is 149 Å². The Morgan fingerprint density at radius 1 is 1.04 bits per heavy atom. The molecule has 4 aromatic rings. The van der Waals surface area contributed by atoms with Crippen LogP contribution in [0.15, 0.2) is 71.2 Å². The van der Waals surface area contributed by atoms with Crippen LogP contribution in [-0.4, -0.2) is 10.8 Å². The number of para-hydroxylation sites is 1. The molecule has 2 heterocycles. The summed E-state index contributed by atoms with van der Waals surface area (Å²) in [6, 6.07) is 19.2. The molecule has 4 heteroatoms. The van der Waals surface area contributed by atoms with Crippen LogP contribution in [0.3, 0.4) is 0 Å². The molecule has 0 radical (unpaired) electrons. The van der Waals surface area contributed by atoms with Gasteiger partial charge in [0.15, 0.2) is 16.6 Å². The highest BCUT2D eigenvalue weighted by Crippen LogP contribution is 2.31. The molecule has 0 spiro atoms. The first-order valence-electron chi connectivity index (χ1n) is 7.94. The zero-order chi connectivity index (χ0) is 17.2. The summed E-state index contributed by atoms with van der Waals surface area (Å²) in [5, 5.41) is 0.839. The summed E-state index contributed by atoms with van der Waals surface area (Å²) >= 11 is 1.59. The number of allylic oxidation sites excluding steroid dienone is 1. The Bertz CT molecular complexity index is 1040. The molecule has 4 rings (SSSR count). The fourth-order valence-corrected chi connectivity index (χ4v) is 3.43. The molecule has 25 heavy (non-hydrogen) atoms. The smallest absolute Gasteiger partial charge is 0.185 e. The number of benzene rings is 2. The molecular weight excluding hydrogens is 330 g/mol. The lowest BCUT2D eigenvalue weighted by Crippen LogP contribution is -1.93. The van der Waals surface area contributed by atoms with E-state index in [0.29, 0.717) is 17.1 Å². The first kappa shape index (κ1) is 15.5. The Balaban J connectivity index is 1.54. The quantitative estimate of drug-likeness (QED) is 0.349. The maximum Gasteiger partial charge on any atom is 0.185 e. The number of aryl methyl sites for hydroxylation is 1. The van der Waals surface area contributed by atoms with E-state index in [0.717, 1.165) is 20.8 Å². The summed E-state index contributed by atoms with van der Waals surface area (Å²) < 4.78 is 6.94. The minimum absolute atomic E-state index is 0.0436. The first-order chi connectivity index (χ1) is 12.2. The van der Waals surface area contributed by atoms with Gasteiger partial charge in [0.1, 0.15) is 5.76 Å². The first-order valence-corrected chi connectivity index (χ1v) is 8.75. The van der Waals surface area contributed by atoms with Crippen molar-refractivity contribution in [2.24, 2.45) is 0 Å². The zero-order valence-corrected chi connectivity index (χ0v) is 14.4. The van der Waals surface area contributed by atoms with Crippen molar-refractivity contribution in [2.75, 3.05) is 0 Å². The highest BCUT2D eigenvalue weighted by molar-refractivity contribution is 7.21. The van der Waals surface area contributed by atoms with Crippen molar-refractivity contribution in [2.45, 2.75) is 6.92 Å². The van der Waals surface area contributed by atoms with Gasteiger partial charge < -0.3 is 4.42 Å². The number of ketones is 1. The number of aromatic nitrogens is 1. The molecule has 0 aliphatic rings. The number of hydrogen-bond acceptors (Lipinski definition) is 4. The number of carbonyl (C=O) groups excluding carboxylic acids is 1. The molecule has 2 aromatic carbocycles. The van der Waals surface area contributed by atoms with Gasteiger partial charge in [-0.3, -0.25) is 4.79 Å². The molecule has 0 bridgehead atoms. The molecule has 2 aromatic heterocycles. The Hall–Kier alpha value is -2.98. The molecule has 0 atom stereocenters. The van der Waals surface area contributed by atoms with Crippen LogP contribution in [0.25, 0.3) is 27.1 Å². The van der Waals surface area contributed by atoms with Crippen LogP contribution >= 0.6 is 11.3 Å². The van der Waals surface area contributed by atoms with Crippen molar-refractivity contribution in [1.29, 1.82) is 0 Å². The largest absolute Gasteiger partial charge is 0.454 e. The van der Waals surface area contributed by atoms with E-state index in [9.17, 15) is 4.79 Å². The Morgan fingerprint density at radius 3 is 2.64 bits per heavy atom. The number of rotatable bonds is 4. The van der Waals surface area contributed by atoms with Gasteiger partial charge in [0.25, 0.3) is 0 Å². The van der Waals surface area contributed by atoms with Crippen molar-refractivity contribution >= 4 is 33.4 Å². The monoisotopic (exact) mass is 345 g/mol. The topological polar surface area (TPSA) is 43.1 Å². The van der Waals surface area contributed by atoms with E-state index >= 15 is 0 Å². The SMILES string of the molecule is Cc1ccc(C(=O)/C=C/c2ccc(-c3nc4ccccc4s3)o2)cc1. The molecule has 0 aliphatic carbocycles. The van der Waals surface area contributed by atoms with Gasteiger partial charge in [-0.1, -0.05) is 42.0 Å². The number of carbonyl (C=O) groups is 1. The van der Waals surface area contributed by atoms with Crippen molar-refractivity contribution < 1.29 is 9.21 Å². The molecule has 0 aliphatic heterocycles. The summed E-state index contributed by atoms with van der Waals surface area (Å²) in [4.78, 5) is 16.8. The number of nitrogens with zero attached hydrogens (tertiary/aromatic N) is 1. The third kappa shape index (κ3) is 3.30. The minimum atomic E-state index is -0.0436. The van der Waals surface area contributed by atoms with E-state index in [1.54, 1.807) is 17.4 Å². The number of furan rings is 1. The summed E-state index contributed by atoms with van der Waals surface area (Å²) in [7, 11) is 0. The average Bonchev–Trinajstić information content (AvgIpc) is 3.26. The highest BCUT2D eigenvalue weighted by Gasteiger charge is 2.09. The second kappa shape index (κ2) is 6.49. The van der Waals surface area contributed by atoms with Gasteiger partial charge >= 0.3 is 0 Å². The van der Waals surface area contributed by atoms with Crippen molar-refractivity contribution in [3.8, 4) is 10.8 Å². The van der Waals surface area contributed by atoms with Gasteiger partial charge in [-0.05, 0) is 43.3 Å². The van der Waals surface area contributed by atoms with E-state index in [1.807, 2.05) is 67.6 Å². The standard InChI is InChI=1S/C21H15NO2S/c1-14-6-8-15(9-7-14)18(23)12-10-16-11-13-19(24-16)21-22-17-4-2-3-5-20(17)25-21/h2-13H,1H3/b12-10+. The predicted molar refractivity (Wildman–Crippen MR) is 102 cm³/mol. The van der Waals surface area contributed by atoms with Crippen molar-refractivity contribution in [3.63, 3.8) is 0 Å². The maximum atomic E-state index is 12.2. The fraction of sp³-hybridized carbons (Fsp3) is 0.0476. The number of fused-ring (bicyclic) bond motifs is 1. The summed E-state index contributed by atoms with van der Waals surface area (Å²) in [6.45, 7) is 2.00. The van der Waals surface area contributed by atoms with Gasteiger partial charge in [-0.2, -0.15) is 0 Å². The molecule has 3 nitrogen and oxygen atoms in total. The van der Waals surface area contributed by atoms with Crippen LogP contribution in [0.2, 0.25) is 0 Å². The van der Waals surface area contributed by atoms with Crippen LogP contribution in [0, 0.1) is 6.92 Å². The second-order valence-electron chi connectivity index (χ2n) is 5.75.